The van der Waals surface area contributed by atoms with Crippen molar-refractivity contribution in [3.05, 3.63) is 69.7 Å². The number of amides is 1. The fourth-order valence-electron chi connectivity index (χ4n) is 5.09. The van der Waals surface area contributed by atoms with Crippen LogP contribution in [-0.2, 0) is 24.4 Å². The lowest BCUT2D eigenvalue weighted by Crippen LogP contribution is -2.42. The molecule has 172 valence electrons. The van der Waals surface area contributed by atoms with Gasteiger partial charge in [0.25, 0.3) is 0 Å². The van der Waals surface area contributed by atoms with Crippen LogP contribution in [0.4, 0.5) is 0 Å². The molecule has 2 aliphatic heterocycles. The molecule has 1 amide bonds. The van der Waals surface area contributed by atoms with Gasteiger partial charge in [0.05, 0.1) is 5.92 Å². The molecule has 2 fully saturated rings. The highest BCUT2D eigenvalue weighted by Gasteiger charge is 2.25. The molecule has 4 nitrogen and oxygen atoms in total. The van der Waals surface area contributed by atoms with Gasteiger partial charge in [0.1, 0.15) is 0 Å². The first-order valence-electron chi connectivity index (χ1n) is 12.1. The van der Waals surface area contributed by atoms with Crippen LogP contribution in [0.2, 0.25) is 0 Å². The van der Waals surface area contributed by atoms with E-state index >= 15 is 0 Å². The van der Waals surface area contributed by atoms with Crippen LogP contribution >= 0.6 is 15.9 Å². The Balaban J connectivity index is 1.23. The van der Waals surface area contributed by atoms with Crippen molar-refractivity contribution >= 4 is 21.8 Å². The minimum Gasteiger partial charge on any atom is -0.352 e. The third kappa shape index (κ3) is 6.90. The molecule has 2 aromatic carbocycles. The molecule has 4 rings (SSSR count). The Bertz CT molecular complexity index is 885. The number of nitrogens with zero attached hydrogens (tertiary/aromatic N) is 2. The highest BCUT2D eigenvalue weighted by Crippen LogP contribution is 2.21. The quantitative estimate of drug-likeness (QED) is 0.570. The van der Waals surface area contributed by atoms with Crippen LogP contribution in [0.3, 0.4) is 0 Å². The third-order valence-corrected chi connectivity index (χ3v) is 7.30. The minimum atomic E-state index is 0.0799. The van der Waals surface area contributed by atoms with Crippen molar-refractivity contribution in [2.45, 2.75) is 52.2 Å². The fraction of sp³-hybridized carbons (Fsp3) is 0.519. The summed E-state index contributed by atoms with van der Waals surface area (Å²) in [6.07, 6.45) is 4.73. The SMILES string of the molecule is CC1CCCN(Cc2ccc(CNC(=O)C3CCCN(Cc4cccc(Br)c4)C3)cc2)C1. The predicted molar refractivity (Wildman–Crippen MR) is 134 cm³/mol. The molecule has 2 aliphatic rings. The summed E-state index contributed by atoms with van der Waals surface area (Å²) in [5.41, 5.74) is 3.83. The lowest BCUT2D eigenvalue weighted by atomic mass is 9.96. The maximum Gasteiger partial charge on any atom is 0.224 e. The molecular formula is C27H36BrN3O. The summed E-state index contributed by atoms with van der Waals surface area (Å²) < 4.78 is 1.11. The summed E-state index contributed by atoms with van der Waals surface area (Å²) in [6, 6.07) is 17.2. The molecule has 0 bridgehead atoms. The molecule has 0 aliphatic carbocycles. The number of rotatable bonds is 7. The molecule has 1 N–H and O–H groups in total. The van der Waals surface area contributed by atoms with E-state index in [2.05, 4.69) is 86.5 Å². The van der Waals surface area contributed by atoms with Gasteiger partial charge in [-0.2, -0.15) is 0 Å². The van der Waals surface area contributed by atoms with E-state index in [0.29, 0.717) is 6.54 Å². The van der Waals surface area contributed by atoms with E-state index in [-0.39, 0.29) is 11.8 Å². The number of hydrogen-bond acceptors (Lipinski definition) is 3. The average Bonchev–Trinajstić information content (AvgIpc) is 2.79. The lowest BCUT2D eigenvalue weighted by molar-refractivity contribution is -0.126. The summed E-state index contributed by atoms with van der Waals surface area (Å²) in [5, 5.41) is 3.19. The van der Waals surface area contributed by atoms with E-state index in [1.165, 1.54) is 42.6 Å². The van der Waals surface area contributed by atoms with Gasteiger partial charge in [0.2, 0.25) is 5.91 Å². The lowest BCUT2D eigenvalue weighted by Gasteiger charge is -2.32. The highest BCUT2D eigenvalue weighted by atomic mass is 79.9. The Hall–Kier alpha value is -1.69. The van der Waals surface area contributed by atoms with Gasteiger partial charge in [0.15, 0.2) is 0 Å². The zero-order chi connectivity index (χ0) is 22.3. The topological polar surface area (TPSA) is 35.6 Å². The number of piperidine rings is 2. The molecule has 2 saturated heterocycles. The molecule has 0 radical (unpaired) electrons. The van der Waals surface area contributed by atoms with Crippen molar-refractivity contribution < 1.29 is 4.79 Å². The third-order valence-electron chi connectivity index (χ3n) is 6.81. The predicted octanol–water partition coefficient (Wildman–Crippen LogP) is 5.21. The number of halogens is 1. The van der Waals surface area contributed by atoms with Crippen molar-refractivity contribution in [3.63, 3.8) is 0 Å². The first-order chi connectivity index (χ1) is 15.5. The number of hydrogen-bond donors (Lipinski definition) is 1. The van der Waals surface area contributed by atoms with E-state index < -0.39 is 0 Å². The van der Waals surface area contributed by atoms with E-state index in [9.17, 15) is 4.79 Å². The van der Waals surface area contributed by atoms with Crippen LogP contribution < -0.4 is 5.32 Å². The second kappa shape index (κ2) is 11.4. The van der Waals surface area contributed by atoms with Crippen LogP contribution in [0.1, 0.15) is 49.3 Å². The van der Waals surface area contributed by atoms with Crippen molar-refractivity contribution in [1.29, 1.82) is 0 Å². The van der Waals surface area contributed by atoms with Crippen LogP contribution in [0.15, 0.2) is 53.0 Å². The Kier molecular flexibility index (Phi) is 8.39. The number of carbonyl (C=O) groups excluding carboxylic acids is 1. The molecule has 2 unspecified atom stereocenters. The van der Waals surface area contributed by atoms with Crippen LogP contribution in [0, 0.1) is 11.8 Å². The van der Waals surface area contributed by atoms with Gasteiger partial charge in [-0.25, -0.2) is 0 Å². The summed E-state index contributed by atoms with van der Waals surface area (Å²) in [4.78, 5) is 17.8. The monoisotopic (exact) mass is 497 g/mol. The molecule has 5 heteroatoms. The maximum absolute atomic E-state index is 12.8. The first-order valence-corrected chi connectivity index (χ1v) is 12.9. The molecule has 2 aromatic rings. The van der Waals surface area contributed by atoms with Crippen LogP contribution in [0.5, 0.6) is 0 Å². The summed E-state index contributed by atoms with van der Waals surface area (Å²) in [6.45, 7) is 9.22. The second-order valence-electron chi connectivity index (χ2n) is 9.72. The smallest absolute Gasteiger partial charge is 0.224 e. The van der Waals surface area contributed by atoms with Crippen molar-refractivity contribution in [3.8, 4) is 0 Å². The Morgan fingerprint density at radius 1 is 0.938 bits per heavy atom. The van der Waals surface area contributed by atoms with Gasteiger partial charge in [-0.1, -0.05) is 59.3 Å². The average molecular weight is 499 g/mol. The standard InChI is InChI=1S/C27H36BrN3O/c1-21-5-3-13-30(17-21)18-23-11-9-22(10-12-23)16-29-27(32)25-7-4-14-31(20-25)19-24-6-2-8-26(28)15-24/h2,6,8-12,15,21,25H,3-5,7,13-14,16-20H2,1H3,(H,29,32). The van der Waals surface area contributed by atoms with Gasteiger partial charge in [-0.15, -0.1) is 0 Å². The fourth-order valence-corrected chi connectivity index (χ4v) is 5.54. The minimum absolute atomic E-state index is 0.0799. The normalized spacial score (nSPS) is 22.6. The maximum atomic E-state index is 12.8. The van der Waals surface area contributed by atoms with Crippen LogP contribution in [-0.4, -0.2) is 41.9 Å². The zero-order valence-corrected chi connectivity index (χ0v) is 20.8. The Morgan fingerprint density at radius 3 is 2.38 bits per heavy atom. The van der Waals surface area contributed by atoms with Crippen molar-refractivity contribution in [2.24, 2.45) is 11.8 Å². The number of nitrogens with one attached hydrogen (secondary N) is 1. The molecular weight excluding hydrogens is 462 g/mol. The Labute approximate surface area is 201 Å². The summed E-state index contributed by atoms with van der Waals surface area (Å²) in [7, 11) is 0. The second-order valence-corrected chi connectivity index (χ2v) is 10.6. The Morgan fingerprint density at radius 2 is 1.62 bits per heavy atom. The molecule has 0 aromatic heterocycles. The molecule has 0 saturated carbocycles. The number of benzene rings is 2. The molecule has 2 heterocycles. The largest absolute Gasteiger partial charge is 0.352 e. The van der Waals surface area contributed by atoms with Gasteiger partial charge in [0, 0.05) is 37.2 Å². The number of carbonyl (C=O) groups is 1. The van der Waals surface area contributed by atoms with Crippen LogP contribution in [0.25, 0.3) is 0 Å². The molecule has 2 atom stereocenters. The van der Waals surface area contributed by atoms with E-state index in [0.717, 1.165) is 49.4 Å². The highest BCUT2D eigenvalue weighted by molar-refractivity contribution is 9.10. The van der Waals surface area contributed by atoms with E-state index in [1.807, 2.05) is 0 Å². The van der Waals surface area contributed by atoms with Crippen molar-refractivity contribution in [1.82, 2.24) is 15.1 Å². The number of likely N-dealkylation sites (tertiary alicyclic amines) is 2. The molecule has 32 heavy (non-hydrogen) atoms. The first kappa shape index (κ1) is 23.5. The van der Waals surface area contributed by atoms with Gasteiger partial charge >= 0.3 is 0 Å². The molecule has 0 spiro atoms. The zero-order valence-electron chi connectivity index (χ0n) is 19.2. The van der Waals surface area contributed by atoms with Gasteiger partial charge in [-0.05, 0) is 73.5 Å². The summed E-state index contributed by atoms with van der Waals surface area (Å²) in [5.74, 6) is 1.08. The van der Waals surface area contributed by atoms with Gasteiger partial charge < -0.3 is 5.32 Å². The summed E-state index contributed by atoms with van der Waals surface area (Å²) >= 11 is 3.55. The van der Waals surface area contributed by atoms with E-state index in [4.69, 9.17) is 0 Å². The van der Waals surface area contributed by atoms with E-state index in [1.54, 1.807) is 0 Å². The van der Waals surface area contributed by atoms with Gasteiger partial charge in [-0.3, -0.25) is 14.6 Å². The van der Waals surface area contributed by atoms with Crippen molar-refractivity contribution in [2.75, 3.05) is 26.2 Å².